The molecule has 1 heterocycles. The van der Waals surface area contributed by atoms with Crippen LogP contribution in [0.15, 0.2) is 35.4 Å². The summed E-state index contributed by atoms with van der Waals surface area (Å²) in [6, 6.07) is 9.31. The molecule has 0 bridgehead atoms. The molecular formula is C12H16N4O. The molecule has 5 nitrogen and oxygen atoms in total. The van der Waals surface area contributed by atoms with E-state index in [4.69, 9.17) is 5.84 Å². The molecule has 5 heteroatoms. The van der Waals surface area contributed by atoms with E-state index in [1.807, 2.05) is 30.3 Å². The fourth-order valence-corrected chi connectivity index (χ4v) is 1.87. The molecule has 0 aromatic heterocycles. The molecule has 3 N–H and O–H groups in total. The second-order valence-electron chi connectivity index (χ2n) is 3.89. The van der Waals surface area contributed by atoms with Gasteiger partial charge in [-0.1, -0.05) is 30.3 Å². The fraction of sp³-hybridized carbons (Fsp3) is 0.333. The Morgan fingerprint density at radius 3 is 2.47 bits per heavy atom. The Hall–Kier alpha value is -1.88. The molecule has 1 aromatic rings. The molecule has 0 saturated carbocycles. The molecule has 1 amide bonds. The van der Waals surface area contributed by atoms with Gasteiger partial charge in [0, 0.05) is 31.7 Å². The first-order chi connectivity index (χ1) is 8.33. The summed E-state index contributed by atoms with van der Waals surface area (Å²) in [5.74, 6) is 5.24. The molecule has 0 atom stereocenters. The van der Waals surface area contributed by atoms with Crippen molar-refractivity contribution >= 4 is 11.6 Å². The van der Waals surface area contributed by atoms with Crippen molar-refractivity contribution in [3.8, 4) is 0 Å². The van der Waals surface area contributed by atoms with Crippen LogP contribution < -0.4 is 11.2 Å². The summed E-state index contributed by atoms with van der Waals surface area (Å²) in [5.41, 5.74) is 1.09. The van der Waals surface area contributed by atoms with Crippen molar-refractivity contribution in [2.24, 2.45) is 10.9 Å². The van der Waals surface area contributed by atoms with Crippen LogP contribution in [-0.4, -0.2) is 42.7 Å². The molecule has 0 unspecified atom stereocenters. The van der Waals surface area contributed by atoms with Crippen LogP contribution in [0, 0.1) is 0 Å². The van der Waals surface area contributed by atoms with Crippen LogP contribution in [0.1, 0.15) is 5.56 Å². The number of carbonyl (C=O) groups is 1. The van der Waals surface area contributed by atoms with Gasteiger partial charge < -0.3 is 16.1 Å². The van der Waals surface area contributed by atoms with E-state index in [0.717, 1.165) is 18.7 Å². The minimum absolute atomic E-state index is 0.0970. The van der Waals surface area contributed by atoms with Crippen LogP contribution in [0.3, 0.4) is 0 Å². The van der Waals surface area contributed by atoms with Crippen molar-refractivity contribution in [3.05, 3.63) is 35.9 Å². The lowest BCUT2D eigenvalue weighted by atomic mass is 10.1. The van der Waals surface area contributed by atoms with Gasteiger partial charge in [0.2, 0.25) is 0 Å². The average Bonchev–Trinajstić information content (AvgIpc) is 2.42. The zero-order chi connectivity index (χ0) is 12.1. The van der Waals surface area contributed by atoms with Gasteiger partial charge in [-0.05, 0) is 0 Å². The summed E-state index contributed by atoms with van der Waals surface area (Å²) >= 11 is 0. The van der Waals surface area contributed by atoms with Gasteiger partial charge in [-0.2, -0.15) is 5.10 Å². The third-order valence-electron chi connectivity index (χ3n) is 2.78. The first-order valence-electron chi connectivity index (χ1n) is 5.66. The molecule has 0 radical (unpaired) electrons. The van der Waals surface area contributed by atoms with Gasteiger partial charge in [-0.15, -0.1) is 0 Å². The van der Waals surface area contributed by atoms with Gasteiger partial charge in [0.25, 0.3) is 5.91 Å². The van der Waals surface area contributed by atoms with E-state index in [9.17, 15) is 4.79 Å². The number of piperazine rings is 1. The summed E-state index contributed by atoms with van der Waals surface area (Å²) in [7, 11) is 0. The lowest BCUT2D eigenvalue weighted by molar-refractivity contribution is -0.124. The van der Waals surface area contributed by atoms with Crippen LogP contribution >= 0.6 is 0 Å². The van der Waals surface area contributed by atoms with Crippen molar-refractivity contribution in [2.75, 3.05) is 26.2 Å². The summed E-state index contributed by atoms with van der Waals surface area (Å²) in [6.07, 6.45) is 0. The molecule has 90 valence electrons. The monoisotopic (exact) mass is 232 g/mol. The Bertz CT molecular complexity index is 410. The predicted octanol–water partition coefficient (Wildman–Crippen LogP) is -0.219. The van der Waals surface area contributed by atoms with E-state index >= 15 is 0 Å². The Morgan fingerprint density at radius 1 is 1.24 bits per heavy atom. The van der Waals surface area contributed by atoms with Gasteiger partial charge in [-0.3, -0.25) is 4.79 Å². The topological polar surface area (TPSA) is 70.7 Å². The fourth-order valence-electron chi connectivity index (χ4n) is 1.87. The molecule has 2 rings (SSSR count). The standard InChI is InChI=1S/C12H16N4O/c13-15-11(10-4-2-1-3-5-10)12(17)16-8-6-14-7-9-16/h1-5,14H,6-9,13H2/b15-11+. The molecule has 1 aromatic carbocycles. The summed E-state index contributed by atoms with van der Waals surface area (Å²) in [4.78, 5) is 14.0. The Kier molecular flexibility index (Phi) is 3.72. The van der Waals surface area contributed by atoms with Gasteiger partial charge in [0.15, 0.2) is 5.71 Å². The number of nitrogens with zero attached hydrogens (tertiary/aromatic N) is 2. The van der Waals surface area contributed by atoms with Crippen molar-refractivity contribution in [3.63, 3.8) is 0 Å². The van der Waals surface area contributed by atoms with Crippen LogP contribution in [0.2, 0.25) is 0 Å². The highest BCUT2D eigenvalue weighted by atomic mass is 16.2. The zero-order valence-corrected chi connectivity index (χ0v) is 9.60. The molecular weight excluding hydrogens is 216 g/mol. The largest absolute Gasteiger partial charge is 0.335 e. The normalized spacial score (nSPS) is 16.9. The lowest BCUT2D eigenvalue weighted by Crippen LogP contribution is -2.49. The molecule has 1 aliphatic rings. The smallest absolute Gasteiger partial charge is 0.274 e. The van der Waals surface area contributed by atoms with E-state index in [1.54, 1.807) is 4.90 Å². The summed E-state index contributed by atoms with van der Waals surface area (Å²) < 4.78 is 0. The lowest BCUT2D eigenvalue weighted by Gasteiger charge is -2.27. The van der Waals surface area contributed by atoms with E-state index in [2.05, 4.69) is 10.4 Å². The van der Waals surface area contributed by atoms with E-state index < -0.39 is 0 Å². The van der Waals surface area contributed by atoms with Crippen LogP contribution in [0.5, 0.6) is 0 Å². The third-order valence-corrected chi connectivity index (χ3v) is 2.78. The minimum atomic E-state index is -0.0970. The average molecular weight is 232 g/mol. The molecule has 1 aliphatic heterocycles. The highest BCUT2D eigenvalue weighted by molar-refractivity contribution is 6.45. The molecule has 17 heavy (non-hydrogen) atoms. The number of hydrogen-bond donors (Lipinski definition) is 2. The number of carbonyl (C=O) groups excluding carboxylic acids is 1. The second-order valence-corrected chi connectivity index (χ2v) is 3.89. The first kappa shape index (κ1) is 11.6. The van der Waals surface area contributed by atoms with Crippen LogP contribution in [-0.2, 0) is 4.79 Å². The number of nitrogens with one attached hydrogen (secondary N) is 1. The Labute approximate surface area is 100 Å². The second kappa shape index (κ2) is 5.45. The van der Waals surface area contributed by atoms with E-state index in [0.29, 0.717) is 18.8 Å². The summed E-state index contributed by atoms with van der Waals surface area (Å²) in [5, 5.41) is 6.84. The van der Waals surface area contributed by atoms with E-state index in [-0.39, 0.29) is 5.91 Å². The molecule has 0 spiro atoms. The molecule has 1 saturated heterocycles. The summed E-state index contributed by atoms with van der Waals surface area (Å²) in [6.45, 7) is 3.03. The minimum Gasteiger partial charge on any atom is -0.335 e. The van der Waals surface area contributed by atoms with Gasteiger partial charge in [0.1, 0.15) is 0 Å². The highest BCUT2D eigenvalue weighted by Crippen LogP contribution is 2.05. The van der Waals surface area contributed by atoms with Crippen LogP contribution in [0.25, 0.3) is 0 Å². The molecule has 0 aliphatic carbocycles. The van der Waals surface area contributed by atoms with E-state index in [1.165, 1.54) is 0 Å². The first-order valence-corrected chi connectivity index (χ1v) is 5.66. The quantitative estimate of drug-likeness (QED) is 0.421. The maximum atomic E-state index is 12.2. The van der Waals surface area contributed by atoms with Crippen molar-refractivity contribution in [1.29, 1.82) is 0 Å². The van der Waals surface area contributed by atoms with Gasteiger partial charge in [0.05, 0.1) is 0 Å². The van der Waals surface area contributed by atoms with Crippen molar-refractivity contribution in [1.82, 2.24) is 10.2 Å². The molecule has 1 fully saturated rings. The number of nitrogens with two attached hydrogens (primary N) is 1. The van der Waals surface area contributed by atoms with Crippen LogP contribution in [0.4, 0.5) is 0 Å². The zero-order valence-electron chi connectivity index (χ0n) is 9.60. The third kappa shape index (κ3) is 2.62. The number of benzene rings is 1. The SMILES string of the molecule is N/N=C(/C(=O)N1CCNCC1)c1ccccc1. The number of hydrazone groups is 1. The van der Waals surface area contributed by atoms with Crippen molar-refractivity contribution in [2.45, 2.75) is 0 Å². The van der Waals surface area contributed by atoms with Gasteiger partial charge >= 0.3 is 0 Å². The number of amides is 1. The number of rotatable bonds is 2. The van der Waals surface area contributed by atoms with Crippen molar-refractivity contribution < 1.29 is 4.79 Å². The maximum absolute atomic E-state index is 12.2. The predicted molar refractivity (Wildman–Crippen MR) is 66.6 cm³/mol. The Morgan fingerprint density at radius 2 is 1.88 bits per heavy atom. The van der Waals surface area contributed by atoms with Gasteiger partial charge in [-0.25, -0.2) is 0 Å². The number of hydrogen-bond acceptors (Lipinski definition) is 4. The highest BCUT2D eigenvalue weighted by Gasteiger charge is 2.22. The maximum Gasteiger partial charge on any atom is 0.274 e. The Balaban J connectivity index is 2.16.